The number of carboxylic acid groups (broad SMARTS) is 1. The van der Waals surface area contributed by atoms with E-state index in [1.54, 1.807) is 0 Å². The number of aliphatic carboxylic acids is 1. The molecule has 0 rings (SSSR count). The van der Waals surface area contributed by atoms with E-state index >= 15 is 0 Å². The molecule has 0 aromatic rings. The molecule has 0 radical (unpaired) electrons. The van der Waals surface area contributed by atoms with Crippen molar-refractivity contribution < 1.29 is 42.9 Å². The molecular weight excluding hydrogens is 791 g/mol. The first kappa shape index (κ1) is 61.0. The second kappa shape index (κ2) is 46.6. The zero-order chi connectivity index (χ0) is 46.3. The second-order valence-corrected chi connectivity index (χ2v) is 19.5. The number of unbranched alkanes of at least 4 members (excludes halogenated alkanes) is 33. The topological polar surface area (TPSA) is 111 Å². The summed E-state index contributed by atoms with van der Waals surface area (Å²) in [6.45, 7) is 4.78. The normalized spacial score (nSPS) is 12.8. The standard InChI is InChI=1S/C54H103NO8/c1-6-8-10-12-14-16-18-20-22-24-26-27-29-30-32-34-36-38-40-42-44-51(56)61-48-50(49-62-54(53(58)59)60-47-46-55(3,4)5)63-52(57)45-43-41-39-37-35-33-31-28-25-23-21-19-17-15-13-11-9-7-2/h23,25,50,54H,6-22,24,26-49H2,1-5H3/b25-23-. The summed E-state index contributed by atoms with van der Waals surface area (Å²) in [6.07, 6.45) is 48.2. The maximum atomic E-state index is 12.8. The smallest absolute Gasteiger partial charge is 0.306 e. The number of hydrogen-bond donors (Lipinski definition) is 0. The van der Waals surface area contributed by atoms with Crippen molar-refractivity contribution in [3.05, 3.63) is 12.2 Å². The van der Waals surface area contributed by atoms with Crippen molar-refractivity contribution in [3.8, 4) is 0 Å². The van der Waals surface area contributed by atoms with Gasteiger partial charge in [-0.1, -0.05) is 219 Å². The first-order chi connectivity index (χ1) is 30.6. The molecule has 0 aliphatic heterocycles. The van der Waals surface area contributed by atoms with Crippen LogP contribution in [-0.4, -0.2) is 82.3 Å². The number of carboxylic acids is 1. The van der Waals surface area contributed by atoms with E-state index in [0.29, 0.717) is 23.9 Å². The van der Waals surface area contributed by atoms with Gasteiger partial charge < -0.3 is 33.3 Å². The van der Waals surface area contributed by atoms with Crippen molar-refractivity contribution in [1.82, 2.24) is 0 Å². The average Bonchev–Trinajstić information content (AvgIpc) is 3.24. The first-order valence-electron chi connectivity index (χ1n) is 26.8. The van der Waals surface area contributed by atoms with Crippen molar-refractivity contribution in [2.24, 2.45) is 0 Å². The Balaban J connectivity index is 4.28. The summed E-state index contributed by atoms with van der Waals surface area (Å²) in [5.41, 5.74) is 0. The summed E-state index contributed by atoms with van der Waals surface area (Å²) in [5.74, 6) is -2.27. The summed E-state index contributed by atoms with van der Waals surface area (Å²) < 4.78 is 22.7. The highest BCUT2D eigenvalue weighted by Crippen LogP contribution is 2.17. The summed E-state index contributed by atoms with van der Waals surface area (Å²) in [6, 6.07) is 0. The van der Waals surface area contributed by atoms with Crippen LogP contribution in [0.25, 0.3) is 0 Å². The van der Waals surface area contributed by atoms with Crippen LogP contribution in [0.2, 0.25) is 0 Å². The minimum absolute atomic E-state index is 0.150. The fourth-order valence-corrected chi connectivity index (χ4v) is 7.83. The number of esters is 2. The molecular formula is C54H103NO8. The van der Waals surface area contributed by atoms with Crippen molar-refractivity contribution in [2.45, 2.75) is 270 Å². The van der Waals surface area contributed by atoms with Gasteiger partial charge in [-0.05, 0) is 38.5 Å². The lowest BCUT2D eigenvalue weighted by atomic mass is 10.0. The van der Waals surface area contributed by atoms with Gasteiger partial charge in [0, 0.05) is 12.8 Å². The highest BCUT2D eigenvalue weighted by Gasteiger charge is 2.22. The number of allylic oxidation sites excluding steroid dienone is 2. The van der Waals surface area contributed by atoms with Crippen molar-refractivity contribution in [3.63, 3.8) is 0 Å². The van der Waals surface area contributed by atoms with Crippen LogP contribution in [0.3, 0.4) is 0 Å². The van der Waals surface area contributed by atoms with Crippen LogP contribution in [0.5, 0.6) is 0 Å². The van der Waals surface area contributed by atoms with Gasteiger partial charge in [-0.15, -0.1) is 0 Å². The fraction of sp³-hybridized carbons (Fsp3) is 0.907. The number of carbonyl (C=O) groups is 3. The zero-order valence-electron chi connectivity index (χ0n) is 42.2. The van der Waals surface area contributed by atoms with Gasteiger partial charge >= 0.3 is 11.9 Å². The van der Waals surface area contributed by atoms with Crippen LogP contribution in [0.1, 0.15) is 258 Å². The number of hydrogen-bond acceptors (Lipinski definition) is 8. The van der Waals surface area contributed by atoms with Gasteiger partial charge in [0.25, 0.3) is 0 Å². The lowest BCUT2D eigenvalue weighted by Gasteiger charge is -2.26. The molecule has 9 nitrogen and oxygen atoms in total. The summed E-state index contributed by atoms with van der Waals surface area (Å²) in [4.78, 5) is 37.2. The lowest BCUT2D eigenvalue weighted by molar-refractivity contribution is -0.870. The summed E-state index contributed by atoms with van der Waals surface area (Å²) >= 11 is 0. The van der Waals surface area contributed by atoms with Crippen molar-refractivity contribution in [2.75, 3.05) is 47.5 Å². The SMILES string of the molecule is CCCCCCCCC/C=C\CCCCCCCCCC(=O)OC(COC(=O)CCCCCCCCCCCCCCCCCCCCCC)COC(OCC[N+](C)(C)C)C(=O)[O-]. The molecule has 9 heteroatoms. The van der Waals surface area contributed by atoms with Gasteiger partial charge in [0.2, 0.25) is 0 Å². The van der Waals surface area contributed by atoms with Gasteiger partial charge in [-0.3, -0.25) is 9.59 Å². The number of nitrogens with zero attached hydrogens (tertiary/aromatic N) is 1. The van der Waals surface area contributed by atoms with Gasteiger partial charge in [-0.25, -0.2) is 0 Å². The van der Waals surface area contributed by atoms with E-state index in [0.717, 1.165) is 44.9 Å². The molecule has 0 heterocycles. The third-order valence-electron chi connectivity index (χ3n) is 12.0. The van der Waals surface area contributed by atoms with Crippen LogP contribution >= 0.6 is 0 Å². The van der Waals surface area contributed by atoms with Gasteiger partial charge in [0.05, 0.1) is 40.3 Å². The van der Waals surface area contributed by atoms with Crippen LogP contribution in [0, 0.1) is 0 Å². The molecule has 0 N–H and O–H groups in total. The van der Waals surface area contributed by atoms with E-state index < -0.39 is 24.3 Å². The predicted molar refractivity (Wildman–Crippen MR) is 260 cm³/mol. The second-order valence-electron chi connectivity index (χ2n) is 19.5. The number of likely N-dealkylation sites (N-methyl/N-ethyl adjacent to an activating group) is 1. The van der Waals surface area contributed by atoms with Crippen LogP contribution in [-0.2, 0) is 33.3 Å². The number of quaternary nitrogens is 1. The number of carbonyl (C=O) groups excluding carboxylic acids is 3. The molecule has 0 spiro atoms. The third-order valence-corrected chi connectivity index (χ3v) is 12.0. The molecule has 63 heavy (non-hydrogen) atoms. The molecule has 0 aromatic carbocycles. The molecule has 0 aromatic heterocycles. The number of rotatable bonds is 50. The molecule has 0 bridgehead atoms. The van der Waals surface area contributed by atoms with E-state index in [2.05, 4.69) is 26.0 Å². The molecule has 0 fully saturated rings. The fourth-order valence-electron chi connectivity index (χ4n) is 7.83. The maximum Gasteiger partial charge on any atom is 0.306 e. The van der Waals surface area contributed by atoms with E-state index in [4.69, 9.17) is 18.9 Å². The first-order valence-corrected chi connectivity index (χ1v) is 26.8. The van der Waals surface area contributed by atoms with Gasteiger partial charge in [-0.2, -0.15) is 0 Å². The molecule has 0 saturated carbocycles. The average molecular weight is 894 g/mol. The third kappa shape index (κ3) is 47.8. The minimum Gasteiger partial charge on any atom is -0.545 e. The summed E-state index contributed by atoms with van der Waals surface area (Å²) in [5, 5.41) is 11.7. The van der Waals surface area contributed by atoms with Crippen LogP contribution in [0.15, 0.2) is 12.2 Å². The summed E-state index contributed by atoms with van der Waals surface area (Å²) in [7, 11) is 5.92. The van der Waals surface area contributed by atoms with E-state index in [1.165, 1.54) is 180 Å². The molecule has 0 aliphatic carbocycles. The Hall–Kier alpha value is -1.97. The molecule has 0 aliphatic rings. The maximum absolute atomic E-state index is 12.8. The van der Waals surface area contributed by atoms with Gasteiger partial charge in [0.15, 0.2) is 12.4 Å². The monoisotopic (exact) mass is 894 g/mol. The molecule has 2 unspecified atom stereocenters. The highest BCUT2D eigenvalue weighted by molar-refractivity contribution is 5.70. The van der Waals surface area contributed by atoms with Crippen LogP contribution < -0.4 is 5.11 Å². The Morgan fingerprint density at radius 2 is 0.810 bits per heavy atom. The highest BCUT2D eigenvalue weighted by atomic mass is 16.7. The Labute approximate surface area is 389 Å². The minimum atomic E-state index is -1.62. The molecule has 0 saturated heterocycles. The Morgan fingerprint density at radius 3 is 1.17 bits per heavy atom. The Morgan fingerprint density at radius 1 is 0.460 bits per heavy atom. The Kier molecular flexibility index (Phi) is 45.1. The molecule has 372 valence electrons. The van der Waals surface area contributed by atoms with Crippen molar-refractivity contribution >= 4 is 17.9 Å². The van der Waals surface area contributed by atoms with Crippen molar-refractivity contribution in [1.29, 1.82) is 0 Å². The Bertz CT molecular complexity index is 1040. The molecule has 2 atom stereocenters. The zero-order valence-corrected chi connectivity index (χ0v) is 42.2. The molecule has 0 amide bonds. The van der Waals surface area contributed by atoms with E-state index in [-0.39, 0.29) is 32.2 Å². The largest absolute Gasteiger partial charge is 0.545 e. The van der Waals surface area contributed by atoms with Gasteiger partial charge in [0.1, 0.15) is 13.2 Å². The predicted octanol–water partition coefficient (Wildman–Crippen LogP) is 13.7. The number of ether oxygens (including phenoxy) is 4. The van der Waals surface area contributed by atoms with E-state index in [9.17, 15) is 19.5 Å². The lowest BCUT2D eigenvalue weighted by Crippen LogP contribution is -2.44. The quantitative estimate of drug-likeness (QED) is 0.0195. The van der Waals surface area contributed by atoms with E-state index in [1.807, 2.05) is 21.1 Å². The van der Waals surface area contributed by atoms with Crippen LogP contribution in [0.4, 0.5) is 0 Å².